The fraction of sp³-hybridized carbons (Fsp3) is 0.286. The highest BCUT2D eigenvalue weighted by atomic mass is 79.9. The molecule has 1 aliphatic rings. The van der Waals surface area contributed by atoms with Crippen LogP contribution >= 0.6 is 15.9 Å². The van der Waals surface area contributed by atoms with E-state index >= 15 is 0 Å². The molecule has 5 nitrogen and oxygen atoms in total. The van der Waals surface area contributed by atoms with Gasteiger partial charge in [0.2, 0.25) is 0 Å². The van der Waals surface area contributed by atoms with Crippen molar-refractivity contribution in [2.24, 2.45) is 0 Å². The quantitative estimate of drug-likeness (QED) is 0.899. The number of aromatic nitrogens is 2. The molecule has 21 heavy (non-hydrogen) atoms. The van der Waals surface area contributed by atoms with Gasteiger partial charge in [0.1, 0.15) is 0 Å². The van der Waals surface area contributed by atoms with Gasteiger partial charge in [0.15, 0.2) is 11.6 Å². The van der Waals surface area contributed by atoms with E-state index in [1.165, 1.54) is 6.07 Å². The van der Waals surface area contributed by atoms with Gasteiger partial charge in [-0.15, -0.1) is 0 Å². The third kappa shape index (κ3) is 2.92. The Morgan fingerprint density at radius 2 is 1.86 bits per heavy atom. The van der Waals surface area contributed by atoms with E-state index in [0.717, 1.165) is 18.8 Å². The lowest BCUT2D eigenvalue weighted by Gasteiger charge is -2.37. The van der Waals surface area contributed by atoms with Crippen molar-refractivity contribution in [1.82, 2.24) is 9.97 Å². The lowest BCUT2D eigenvalue weighted by atomic mass is 10.2. The predicted octanol–water partition coefficient (Wildman–Crippen LogP) is 2.29. The molecule has 7 heteroatoms. The van der Waals surface area contributed by atoms with Crippen molar-refractivity contribution in [2.45, 2.75) is 0 Å². The molecule has 1 fully saturated rings. The topological polar surface area (TPSA) is 58.3 Å². The highest BCUT2D eigenvalue weighted by Crippen LogP contribution is 2.25. The van der Waals surface area contributed by atoms with Crippen molar-refractivity contribution in [3.63, 3.8) is 0 Å². The van der Waals surface area contributed by atoms with Gasteiger partial charge in [0, 0.05) is 43.0 Å². The van der Waals surface area contributed by atoms with Crippen LogP contribution in [-0.4, -0.2) is 36.1 Å². The molecule has 0 spiro atoms. The Bertz CT molecular complexity index is 643. The normalized spacial score (nSPS) is 15.3. The maximum Gasteiger partial charge on any atom is 0.166 e. The minimum absolute atomic E-state index is 0.304. The maximum atomic E-state index is 13.9. The lowest BCUT2D eigenvalue weighted by molar-refractivity contribution is 0.588. The van der Waals surface area contributed by atoms with Crippen molar-refractivity contribution in [3.05, 3.63) is 41.0 Å². The monoisotopic (exact) mass is 351 g/mol. The molecule has 3 rings (SSSR count). The van der Waals surface area contributed by atoms with E-state index in [4.69, 9.17) is 5.73 Å². The smallest absolute Gasteiger partial charge is 0.166 e. The van der Waals surface area contributed by atoms with Gasteiger partial charge < -0.3 is 15.5 Å². The van der Waals surface area contributed by atoms with Gasteiger partial charge in [-0.3, -0.25) is 4.98 Å². The molecule has 0 aromatic carbocycles. The van der Waals surface area contributed by atoms with Crippen LogP contribution in [0, 0.1) is 5.82 Å². The number of anilines is 3. The first-order valence-electron chi connectivity index (χ1n) is 6.65. The third-order valence-electron chi connectivity index (χ3n) is 3.54. The summed E-state index contributed by atoms with van der Waals surface area (Å²) in [6, 6.07) is 3.35. The van der Waals surface area contributed by atoms with Gasteiger partial charge in [-0.2, -0.15) is 0 Å². The van der Waals surface area contributed by atoms with Crippen molar-refractivity contribution in [1.29, 1.82) is 0 Å². The Labute approximate surface area is 130 Å². The van der Waals surface area contributed by atoms with Crippen LogP contribution in [0.2, 0.25) is 0 Å². The van der Waals surface area contributed by atoms with Gasteiger partial charge in [-0.1, -0.05) is 0 Å². The highest BCUT2D eigenvalue weighted by molar-refractivity contribution is 9.10. The average Bonchev–Trinajstić information content (AvgIpc) is 2.48. The third-order valence-corrected chi connectivity index (χ3v) is 3.97. The average molecular weight is 352 g/mol. The molecule has 2 N–H and O–H groups in total. The van der Waals surface area contributed by atoms with Gasteiger partial charge in [0.05, 0.1) is 17.6 Å². The summed E-state index contributed by atoms with van der Waals surface area (Å²) in [6.45, 7) is 2.94. The molecular formula is C14H15BrFN5. The van der Waals surface area contributed by atoms with E-state index in [9.17, 15) is 4.39 Å². The number of pyridine rings is 2. The molecule has 110 valence electrons. The summed E-state index contributed by atoms with van der Waals surface area (Å²) in [5.74, 6) is 0.0989. The summed E-state index contributed by atoms with van der Waals surface area (Å²) in [5, 5.41) is 0. The van der Waals surface area contributed by atoms with Crippen LogP contribution in [0.3, 0.4) is 0 Å². The summed E-state index contributed by atoms with van der Waals surface area (Å²) in [5.41, 5.74) is 7.59. The zero-order valence-corrected chi connectivity index (χ0v) is 12.9. The number of rotatable bonds is 2. The number of nitrogens with zero attached hydrogens (tertiary/aromatic N) is 4. The molecule has 1 saturated heterocycles. The first-order chi connectivity index (χ1) is 10.1. The second-order valence-electron chi connectivity index (χ2n) is 4.87. The molecule has 3 heterocycles. The molecule has 0 amide bonds. The minimum Gasteiger partial charge on any atom is -0.396 e. The van der Waals surface area contributed by atoms with Crippen molar-refractivity contribution in [2.75, 3.05) is 41.7 Å². The van der Waals surface area contributed by atoms with E-state index < -0.39 is 0 Å². The number of nitrogens with two attached hydrogens (primary N) is 1. The predicted molar refractivity (Wildman–Crippen MR) is 85.0 cm³/mol. The van der Waals surface area contributed by atoms with E-state index in [1.54, 1.807) is 18.6 Å². The molecule has 0 atom stereocenters. The molecule has 0 radical (unpaired) electrons. The summed E-state index contributed by atoms with van der Waals surface area (Å²) in [4.78, 5) is 12.3. The van der Waals surface area contributed by atoms with Gasteiger partial charge >= 0.3 is 0 Å². The summed E-state index contributed by atoms with van der Waals surface area (Å²) in [7, 11) is 0. The summed E-state index contributed by atoms with van der Waals surface area (Å²) >= 11 is 3.22. The van der Waals surface area contributed by atoms with E-state index in [-0.39, 0.29) is 5.82 Å². The molecule has 2 aromatic rings. The van der Waals surface area contributed by atoms with Crippen LogP contribution < -0.4 is 15.5 Å². The molecule has 0 aliphatic carbocycles. The molecule has 0 unspecified atom stereocenters. The Hall–Kier alpha value is -1.89. The number of halogens is 2. The van der Waals surface area contributed by atoms with E-state index in [1.807, 2.05) is 11.0 Å². The van der Waals surface area contributed by atoms with Crippen LogP contribution in [0.15, 0.2) is 35.2 Å². The fourth-order valence-corrected chi connectivity index (χ4v) is 2.79. The lowest BCUT2D eigenvalue weighted by Crippen LogP contribution is -2.47. The minimum atomic E-state index is -0.304. The van der Waals surface area contributed by atoms with Crippen LogP contribution in [0.25, 0.3) is 0 Å². The van der Waals surface area contributed by atoms with Crippen LogP contribution in [0.4, 0.5) is 21.6 Å². The molecule has 2 aromatic heterocycles. The van der Waals surface area contributed by atoms with Crippen molar-refractivity contribution in [3.8, 4) is 0 Å². The number of piperazine rings is 1. The maximum absolute atomic E-state index is 13.9. The standard InChI is InChI=1S/C14H15BrFN5/c15-10-7-11(16)14(19-8-10)21-5-3-20(4-6-21)13-1-2-18-9-12(13)17/h1-2,7-9H,3-6,17H2. The van der Waals surface area contributed by atoms with Gasteiger partial charge in [-0.05, 0) is 28.1 Å². The molecular weight excluding hydrogens is 337 g/mol. The van der Waals surface area contributed by atoms with Crippen LogP contribution in [0.1, 0.15) is 0 Å². The van der Waals surface area contributed by atoms with Crippen LogP contribution in [-0.2, 0) is 0 Å². The number of hydrogen-bond acceptors (Lipinski definition) is 5. The number of nitrogen functional groups attached to an aromatic ring is 1. The van der Waals surface area contributed by atoms with Gasteiger partial charge in [-0.25, -0.2) is 9.37 Å². The zero-order valence-electron chi connectivity index (χ0n) is 11.3. The van der Waals surface area contributed by atoms with E-state index in [0.29, 0.717) is 29.1 Å². The Kier molecular flexibility index (Phi) is 3.92. The molecule has 0 bridgehead atoms. The Morgan fingerprint density at radius 3 is 2.52 bits per heavy atom. The largest absolute Gasteiger partial charge is 0.396 e. The van der Waals surface area contributed by atoms with Crippen molar-refractivity contribution < 1.29 is 4.39 Å². The SMILES string of the molecule is Nc1cnccc1N1CCN(c2ncc(Br)cc2F)CC1. The molecule has 0 saturated carbocycles. The first kappa shape index (κ1) is 14.1. The van der Waals surface area contributed by atoms with E-state index in [2.05, 4.69) is 30.8 Å². The summed E-state index contributed by atoms with van der Waals surface area (Å²) < 4.78 is 14.6. The second-order valence-corrected chi connectivity index (χ2v) is 5.78. The Morgan fingerprint density at radius 1 is 1.14 bits per heavy atom. The number of hydrogen-bond donors (Lipinski definition) is 1. The fourth-order valence-electron chi connectivity index (χ4n) is 2.49. The van der Waals surface area contributed by atoms with Crippen molar-refractivity contribution >= 4 is 33.1 Å². The summed E-state index contributed by atoms with van der Waals surface area (Å²) in [6.07, 6.45) is 5.00. The van der Waals surface area contributed by atoms with Gasteiger partial charge in [0.25, 0.3) is 0 Å². The van der Waals surface area contributed by atoms with Crippen LogP contribution in [0.5, 0.6) is 0 Å². The second kappa shape index (κ2) is 5.85. The zero-order chi connectivity index (χ0) is 14.8. The highest BCUT2D eigenvalue weighted by Gasteiger charge is 2.21. The first-order valence-corrected chi connectivity index (χ1v) is 7.45. The molecule has 1 aliphatic heterocycles. The Balaban J connectivity index is 1.72.